The molecule has 1 aromatic carbocycles. The van der Waals surface area contributed by atoms with E-state index in [4.69, 9.17) is 11.6 Å². The summed E-state index contributed by atoms with van der Waals surface area (Å²) < 4.78 is 0. The van der Waals surface area contributed by atoms with E-state index in [2.05, 4.69) is 30.4 Å². The highest BCUT2D eigenvalue weighted by atomic mass is 35.5. The molecule has 2 heteroatoms. The van der Waals surface area contributed by atoms with Crippen molar-refractivity contribution in [2.24, 2.45) is 0 Å². The van der Waals surface area contributed by atoms with Crippen LogP contribution in [0.3, 0.4) is 0 Å². The Kier molecular flexibility index (Phi) is 2.28. The molecule has 1 aliphatic rings. The Bertz CT molecular complexity index is 344. The molecule has 13 heavy (non-hydrogen) atoms. The van der Waals surface area contributed by atoms with Crippen molar-refractivity contribution in [3.05, 3.63) is 40.5 Å². The molecular weight excluding hydrogens is 182 g/mol. The van der Waals surface area contributed by atoms with Crippen LogP contribution in [-0.4, -0.2) is 6.54 Å². The van der Waals surface area contributed by atoms with Crippen LogP contribution in [0.25, 0.3) is 6.08 Å². The largest absolute Gasteiger partial charge is 0.390 e. The van der Waals surface area contributed by atoms with Crippen molar-refractivity contribution >= 4 is 17.7 Å². The molecule has 0 saturated carbocycles. The normalized spacial score (nSPS) is 20.3. The van der Waals surface area contributed by atoms with Gasteiger partial charge in [-0.15, -0.1) is 0 Å². The van der Waals surface area contributed by atoms with Gasteiger partial charge in [-0.25, -0.2) is 0 Å². The lowest BCUT2D eigenvalue weighted by atomic mass is 9.96. The van der Waals surface area contributed by atoms with E-state index in [1.807, 2.05) is 12.3 Å². The van der Waals surface area contributed by atoms with Crippen molar-refractivity contribution < 1.29 is 0 Å². The molecule has 0 spiro atoms. The lowest BCUT2D eigenvalue weighted by Crippen LogP contribution is -2.12. The first-order valence-corrected chi connectivity index (χ1v) is 4.84. The van der Waals surface area contributed by atoms with Gasteiger partial charge in [0.1, 0.15) is 0 Å². The van der Waals surface area contributed by atoms with Gasteiger partial charge >= 0.3 is 0 Å². The Morgan fingerprint density at radius 2 is 2.31 bits per heavy atom. The predicted octanol–water partition coefficient (Wildman–Crippen LogP) is 3.02. The van der Waals surface area contributed by atoms with Crippen molar-refractivity contribution in [1.82, 2.24) is 5.32 Å². The van der Waals surface area contributed by atoms with E-state index in [1.165, 1.54) is 11.1 Å². The molecule has 0 fully saturated rings. The standard InChI is InChI=1S/C11H12ClN/c1-8-7-13-5-4-9-2-3-10(12)6-11(8)9/h2-6,8,13H,7H2,1H3. The van der Waals surface area contributed by atoms with Gasteiger partial charge in [-0.05, 0) is 41.5 Å². The highest BCUT2D eigenvalue weighted by Gasteiger charge is 2.11. The minimum atomic E-state index is 0.517. The van der Waals surface area contributed by atoms with Crippen LogP contribution in [0.2, 0.25) is 5.02 Å². The van der Waals surface area contributed by atoms with Crippen molar-refractivity contribution in [1.29, 1.82) is 0 Å². The SMILES string of the molecule is CC1CNC=Cc2ccc(Cl)cc21. The van der Waals surface area contributed by atoms with Crippen molar-refractivity contribution in [2.45, 2.75) is 12.8 Å². The summed E-state index contributed by atoms with van der Waals surface area (Å²) in [5.74, 6) is 0.517. The summed E-state index contributed by atoms with van der Waals surface area (Å²) >= 11 is 5.95. The Morgan fingerprint density at radius 3 is 3.15 bits per heavy atom. The average molecular weight is 194 g/mol. The summed E-state index contributed by atoms with van der Waals surface area (Å²) in [7, 11) is 0. The molecule has 0 aliphatic carbocycles. The summed E-state index contributed by atoms with van der Waals surface area (Å²) in [6.45, 7) is 3.18. The zero-order valence-corrected chi connectivity index (χ0v) is 8.31. The first-order chi connectivity index (χ1) is 6.27. The van der Waals surface area contributed by atoms with E-state index in [-0.39, 0.29) is 0 Å². The quantitative estimate of drug-likeness (QED) is 0.668. The fraction of sp³-hybridized carbons (Fsp3) is 0.273. The van der Waals surface area contributed by atoms with Crippen LogP contribution >= 0.6 is 11.6 Å². The second-order valence-corrected chi connectivity index (χ2v) is 3.85. The van der Waals surface area contributed by atoms with Crippen LogP contribution in [0.5, 0.6) is 0 Å². The second kappa shape index (κ2) is 3.43. The molecule has 1 atom stereocenters. The Morgan fingerprint density at radius 1 is 1.46 bits per heavy atom. The minimum Gasteiger partial charge on any atom is -0.390 e. The molecule has 0 saturated heterocycles. The second-order valence-electron chi connectivity index (χ2n) is 3.42. The molecule has 1 N–H and O–H groups in total. The van der Waals surface area contributed by atoms with E-state index < -0.39 is 0 Å². The van der Waals surface area contributed by atoms with Crippen molar-refractivity contribution in [3.8, 4) is 0 Å². The summed E-state index contributed by atoms with van der Waals surface area (Å²) in [5.41, 5.74) is 2.59. The maximum absolute atomic E-state index is 5.95. The van der Waals surface area contributed by atoms with Crippen LogP contribution < -0.4 is 5.32 Å². The van der Waals surface area contributed by atoms with Crippen LogP contribution in [0.4, 0.5) is 0 Å². The predicted molar refractivity (Wildman–Crippen MR) is 56.9 cm³/mol. The average Bonchev–Trinajstić information content (AvgIpc) is 2.29. The molecule has 1 unspecified atom stereocenters. The smallest absolute Gasteiger partial charge is 0.0409 e. The third-order valence-corrected chi connectivity index (χ3v) is 2.62. The fourth-order valence-corrected chi connectivity index (χ4v) is 1.81. The number of benzene rings is 1. The van der Waals surface area contributed by atoms with Crippen molar-refractivity contribution in [2.75, 3.05) is 6.54 Å². The molecule has 0 bridgehead atoms. The van der Waals surface area contributed by atoms with Crippen LogP contribution in [0.15, 0.2) is 24.4 Å². The molecule has 1 aliphatic heterocycles. The minimum absolute atomic E-state index is 0.517. The lowest BCUT2D eigenvalue weighted by molar-refractivity contribution is 0.708. The van der Waals surface area contributed by atoms with Crippen LogP contribution in [0.1, 0.15) is 24.0 Å². The molecule has 0 radical (unpaired) electrons. The molecule has 0 aromatic heterocycles. The molecule has 0 amide bonds. The third-order valence-electron chi connectivity index (χ3n) is 2.38. The van der Waals surface area contributed by atoms with Gasteiger partial charge in [-0.3, -0.25) is 0 Å². The number of rotatable bonds is 0. The van der Waals surface area contributed by atoms with E-state index in [9.17, 15) is 0 Å². The van der Waals surface area contributed by atoms with Gasteiger partial charge in [0.15, 0.2) is 0 Å². The number of hydrogen-bond donors (Lipinski definition) is 1. The molecule has 1 nitrogen and oxygen atoms in total. The first-order valence-electron chi connectivity index (χ1n) is 4.47. The van der Waals surface area contributed by atoms with E-state index in [0.29, 0.717) is 5.92 Å². The van der Waals surface area contributed by atoms with Gasteiger partial charge in [-0.2, -0.15) is 0 Å². The summed E-state index contributed by atoms with van der Waals surface area (Å²) in [5, 5.41) is 4.06. The summed E-state index contributed by atoms with van der Waals surface area (Å²) in [6.07, 6.45) is 4.09. The lowest BCUT2D eigenvalue weighted by Gasteiger charge is -2.12. The molecule has 1 heterocycles. The maximum atomic E-state index is 5.95. The Balaban J connectivity index is 2.51. The van der Waals surface area contributed by atoms with Crippen LogP contribution in [0, 0.1) is 0 Å². The van der Waals surface area contributed by atoms with E-state index >= 15 is 0 Å². The van der Waals surface area contributed by atoms with E-state index in [0.717, 1.165) is 11.6 Å². The fourth-order valence-electron chi connectivity index (χ4n) is 1.63. The zero-order valence-electron chi connectivity index (χ0n) is 7.55. The van der Waals surface area contributed by atoms with Gasteiger partial charge in [0.2, 0.25) is 0 Å². The zero-order chi connectivity index (χ0) is 9.26. The third kappa shape index (κ3) is 1.70. The van der Waals surface area contributed by atoms with E-state index in [1.54, 1.807) is 0 Å². The van der Waals surface area contributed by atoms with Crippen molar-refractivity contribution in [3.63, 3.8) is 0 Å². The van der Waals surface area contributed by atoms with Gasteiger partial charge in [0.05, 0.1) is 0 Å². The molecule has 2 rings (SSSR count). The number of nitrogens with one attached hydrogen (secondary N) is 1. The highest BCUT2D eigenvalue weighted by molar-refractivity contribution is 6.30. The maximum Gasteiger partial charge on any atom is 0.0409 e. The number of halogens is 1. The van der Waals surface area contributed by atoms with Gasteiger partial charge in [-0.1, -0.05) is 24.6 Å². The molecule has 1 aromatic rings. The van der Waals surface area contributed by atoms with Gasteiger partial charge in [0.25, 0.3) is 0 Å². The first kappa shape index (κ1) is 8.64. The number of fused-ring (bicyclic) bond motifs is 1. The van der Waals surface area contributed by atoms with Gasteiger partial charge in [0, 0.05) is 11.6 Å². The van der Waals surface area contributed by atoms with Gasteiger partial charge < -0.3 is 5.32 Å². The Labute approximate surface area is 83.4 Å². The molecule has 68 valence electrons. The van der Waals surface area contributed by atoms with Crippen LogP contribution in [-0.2, 0) is 0 Å². The Hall–Kier alpha value is -0.950. The molecular formula is C11H12ClN. The topological polar surface area (TPSA) is 12.0 Å². The monoisotopic (exact) mass is 193 g/mol. The highest BCUT2D eigenvalue weighted by Crippen LogP contribution is 2.25. The summed E-state index contributed by atoms with van der Waals surface area (Å²) in [4.78, 5) is 0. The summed E-state index contributed by atoms with van der Waals surface area (Å²) in [6, 6.07) is 6.05. The number of hydrogen-bond acceptors (Lipinski definition) is 1.